The normalized spacial score (nSPS) is 37.1. The monoisotopic (exact) mass is 204 g/mol. The summed E-state index contributed by atoms with van der Waals surface area (Å²) in [6.07, 6.45) is 2.52. The van der Waals surface area contributed by atoms with Crippen molar-refractivity contribution in [2.45, 2.75) is 37.6 Å². The largest absolute Gasteiger partial charge is 0.329 e. The van der Waals surface area contributed by atoms with Gasteiger partial charge in [0.05, 0.1) is 0 Å². The minimum atomic E-state index is -2.42. The molecule has 2 fully saturated rings. The summed E-state index contributed by atoms with van der Waals surface area (Å²) in [5.74, 6) is -2.84. The minimum absolute atomic E-state index is 0.0821. The third kappa shape index (κ3) is 1.77. The van der Waals surface area contributed by atoms with Crippen LogP contribution in [0.15, 0.2) is 0 Å². The first-order valence-electron chi connectivity index (χ1n) is 5.45. The maximum absolute atomic E-state index is 13.3. The average molecular weight is 204 g/mol. The number of nitrogens with zero attached hydrogens (tertiary/aromatic N) is 1. The van der Waals surface area contributed by atoms with Crippen molar-refractivity contribution in [3.63, 3.8) is 0 Å². The first-order chi connectivity index (χ1) is 6.63. The highest BCUT2D eigenvalue weighted by Crippen LogP contribution is 2.41. The van der Waals surface area contributed by atoms with E-state index in [1.807, 2.05) is 0 Å². The van der Waals surface area contributed by atoms with Gasteiger partial charge in [-0.3, -0.25) is 4.90 Å². The van der Waals surface area contributed by atoms with Crippen molar-refractivity contribution in [1.29, 1.82) is 0 Å². The molecule has 1 saturated heterocycles. The molecule has 0 aromatic rings. The summed E-state index contributed by atoms with van der Waals surface area (Å²) in [5.41, 5.74) is 5.54. The van der Waals surface area contributed by atoms with E-state index in [4.69, 9.17) is 5.73 Å². The molecule has 2 aliphatic rings. The lowest BCUT2D eigenvalue weighted by molar-refractivity contribution is -0.0608. The highest BCUT2D eigenvalue weighted by Gasteiger charge is 2.45. The zero-order valence-electron chi connectivity index (χ0n) is 8.38. The zero-order valence-corrected chi connectivity index (χ0v) is 8.38. The lowest BCUT2D eigenvalue weighted by Crippen LogP contribution is -2.54. The third-order valence-corrected chi connectivity index (χ3v) is 3.65. The van der Waals surface area contributed by atoms with Gasteiger partial charge in [-0.25, -0.2) is 8.78 Å². The number of halogens is 2. The Kier molecular flexibility index (Phi) is 2.75. The zero-order chi connectivity index (χ0) is 10.2. The molecule has 0 spiro atoms. The van der Waals surface area contributed by atoms with Crippen molar-refractivity contribution in [1.82, 2.24) is 4.90 Å². The molecule has 1 aliphatic carbocycles. The van der Waals surface area contributed by atoms with E-state index < -0.39 is 11.8 Å². The van der Waals surface area contributed by atoms with Gasteiger partial charge in [0.1, 0.15) is 0 Å². The Bertz CT molecular complexity index is 206. The van der Waals surface area contributed by atoms with Gasteiger partial charge in [-0.1, -0.05) is 0 Å². The van der Waals surface area contributed by atoms with Crippen molar-refractivity contribution in [2.75, 3.05) is 19.6 Å². The van der Waals surface area contributed by atoms with Crippen molar-refractivity contribution in [3.8, 4) is 0 Å². The Morgan fingerprint density at radius 3 is 2.57 bits per heavy atom. The van der Waals surface area contributed by atoms with Gasteiger partial charge in [0.25, 0.3) is 5.92 Å². The Morgan fingerprint density at radius 2 is 2.14 bits per heavy atom. The predicted octanol–water partition coefficient (Wildman–Crippen LogP) is 1.45. The van der Waals surface area contributed by atoms with Gasteiger partial charge in [0.2, 0.25) is 0 Å². The molecule has 0 aromatic heterocycles. The Labute approximate surface area is 83.4 Å². The van der Waals surface area contributed by atoms with E-state index in [9.17, 15) is 8.78 Å². The summed E-state index contributed by atoms with van der Waals surface area (Å²) in [4.78, 5) is 2.11. The van der Waals surface area contributed by atoms with E-state index in [1.54, 1.807) is 0 Å². The first kappa shape index (κ1) is 10.3. The van der Waals surface area contributed by atoms with Crippen LogP contribution < -0.4 is 5.73 Å². The van der Waals surface area contributed by atoms with E-state index in [0.29, 0.717) is 32.0 Å². The summed E-state index contributed by atoms with van der Waals surface area (Å²) >= 11 is 0. The van der Waals surface area contributed by atoms with Crippen LogP contribution >= 0.6 is 0 Å². The highest BCUT2D eigenvalue weighted by atomic mass is 19.3. The fourth-order valence-electron chi connectivity index (χ4n) is 2.51. The molecular formula is C10H18F2N2. The van der Waals surface area contributed by atoms with Crippen molar-refractivity contribution in [2.24, 2.45) is 11.7 Å². The van der Waals surface area contributed by atoms with Gasteiger partial charge in [-0.05, 0) is 19.3 Å². The number of nitrogens with two attached hydrogens (primary N) is 1. The molecule has 2 nitrogen and oxygen atoms in total. The molecule has 1 heterocycles. The SMILES string of the molecule is NCC1CCN1CC1CCCC1(F)F. The Morgan fingerprint density at radius 1 is 1.36 bits per heavy atom. The molecule has 82 valence electrons. The van der Waals surface area contributed by atoms with E-state index in [-0.39, 0.29) is 6.42 Å². The summed E-state index contributed by atoms with van der Waals surface area (Å²) in [6.45, 7) is 2.11. The highest BCUT2D eigenvalue weighted by molar-refractivity contribution is 4.91. The molecule has 0 radical (unpaired) electrons. The molecule has 2 unspecified atom stereocenters. The molecule has 0 bridgehead atoms. The van der Waals surface area contributed by atoms with Crippen LogP contribution in [-0.2, 0) is 0 Å². The molecule has 2 rings (SSSR count). The van der Waals surface area contributed by atoms with Crippen LogP contribution in [0, 0.1) is 5.92 Å². The number of likely N-dealkylation sites (tertiary alicyclic amines) is 1. The van der Waals surface area contributed by atoms with Crippen molar-refractivity contribution in [3.05, 3.63) is 0 Å². The second-order valence-electron chi connectivity index (χ2n) is 4.52. The van der Waals surface area contributed by atoms with Crippen LogP contribution in [-0.4, -0.2) is 36.5 Å². The number of hydrogen-bond donors (Lipinski definition) is 1. The number of hydrogen-bond acceptors (Lipinski definition) is 2. The smallest absolute Gasteiger partial charge is 0.252 e. The maximum Gasteiger partial charge on any atom is 0.252 e. The quantitative estimate of drug-likeness (QED) is 0.754. The molecule has 1 saturated carbocycles. The summed E-state index contributed by atoms with van der Waals surface area (Å²) in [5, 5.41) is 0. The predicted molar refractivity (Wildman–Crippen MR) is 51.3 cm³/mol. The average Bonchev–Trinajstić information content (AvgIpc) is 2.40. The van der Waals surface area contributed by atoms with Gasteiger partial charge in [0.15, 0.2) is 0 Å². The van der Waals surface area contributed by atoms with Crippen LogP contribution in [0.4, 0.5) is 8.78 Å². The fraction of sp³-hybridized carbons (Fsp3) is 1.00. The van der Waals surface area contributed by atoms with Gasteiger partial charge >= 0.3 is 0 Å². The summed E-state index contributed by atoms with van der Waals surface area (Å²) < 4.78 is 26.6. The van der Waals surface area contributed by atoms with Gasteiger partial charge < -0.3 is 5.73 Å². The minimum Gasteiger partial charge on any atom is -0.329 e. The van der Waals surface area contributed by atoms with Crippen molar-refractivity contribution >= 4 is 0 Å². The third-order valence-electron chi connectivity index (χ3n) is 3.65. The van der Waals surface area contributed by atoms with Crippen LogP contribution in [0.1, 0.15) is 25.7 Å². The molecule has 2 atom stereocenters. The van der Waals surface area contributed by atoms with Crippen LogP contribution in [0.25, 0.3) is 0 Å². The topological polar surface area (TPSA) is 29.3 Å². The summed E-state index contributed by atoms with van der Waals surface area (Å²) in [6, 6.07) is 0.367. The van der Waals surface area contributed by atoms with Gasteiger partial charge in [-0.15, -0.1) is 0 Å². The molecule has 2 N–H and O–H groups in total. The molecular weight excluding hydrogens is 186 g/mol. The van der Waals surface area contributed by atoms with E-state index in [0.717, 1.165) is 13.0 Å². The molecule has 0 amide bonds. The molecule has 4 heteroatoms. The maximum atomic E-state index is 13.3. The lowest BCUT2D eigenvalue weighted by atomic mass is 9.97. The van der Waals surface area contributed by atoms with Crippen LogP contribution in [0.3, 0.4) is 0 Å². The standard InChI is InChI=1S/C10H18F2N2/c11-10(12)4-1-2-8(10)7-14-5-3-9(14)6-13/h8-9H,1-7,13H2. The number of rotatable bonds is 3. The molecule has 14 heavy (non-hydrogen) atoms. The van der Waals surface area contributed by atoms with Gasteiger partial charge in [0, 0.05) is 38.0 Å². The molecule has 1 aliphatic heterocycles. The van der Waals surface area contributed by atoms with E-state index in [1.165, 1.54) is 0 Å². The van der Waals surface area contributed by atoms with E-state index in [2.05, 4.69) is 4.90 Å². The van der Waals surface area contributed by atoms with Crippen molar-refractivity contribution < 1.29 is 8.78 Å². The fourth-order valence-corrected chi connectivity index (χ4v) is 2.51. The second kappa shape index (κ2) is 3.74. The number of alkyl halides is 2. The van der Waals surface area contributed by atoms with Gasteiger partial charge in [-0.2, -0.15) is 0 Å². The lowest BCUT2D eigenvalue weighted by Gasteiger charge is -2.42. The van der Waals surface area contributed by atoms with Crippen LogP contribution in [0.2, 0.25) is 0 Å². The van der Waals surface area contributed by atoms with E-state index >= 15 is 0 Å². The first-order valence-corrected chi connectivity index (χ1v) is 5.45. The molecule has 0 aromatic carbocycles. The Hall–Kier alpha value is -0.220. The summed E-state index contributed by atoms with van der Waals surface area (Å²) in [7, 11) is 0. The second-order valence-corrected chi connectivity index (χ2v) is 4.52. The Balaban J connectivity index is 1.85. The van der Waals surface area contributed by atoms with Crippen LogP contribution in [0.5, 0.6) is 0 Å².